The van der Waals surface area contributed by atoms with Crippen molar-refractivity contribution in [3.05, 3.63) is 28.8 Å². The molecule has 0 amide bonds. The summed E-state index contributed by atoms with van der Waals surface area (Å²) in [7, 11) is 6.27. The number of rotatable bonds is 1. The minimum atomic E-state index is -0.291. The van der Waals surface area contributed by atoms with Gasteiger partial charge in [0.1, 0.15) is 7.85 Å². The Morgan fingerprint density at radius 2 is 1.45 bits per heavy atom. The summed E-state index contributed by atoms with van der Waals surface area (Å²) in [5.41, 5.74) is 4.94. The van der Waals surface area contributed by atoms with Crippen molar-refractivity contribution in [1.29, 1.82) is 0 Å². The number of benzene rings is 1. The lowest BCUT2D eigenvalue weighted by Gasteiger charge is -2.42. The first kappa shape index (κ1) is 14.2. The van der Waals surface area contributed by atoms with Gasteiger partial charge in [0, 0.05) is 5.56 Å². The summed E-state index contributed by atoms with van der Waals surface area (Å²) < 4.78 is 11.3. The summed E-state index contributed by atoms with van der Waals surface area (Å²) in [6, 6.07) is 4.37. The van der Waals surface area contributed by atoms with Gasteiger partial charge in [-0.1, -0.05) is 45.3 Å². The van der Waals surface area contributed by atoms with Gasteiger partial charge in [-0.3, -0.25) is 0 Å². The first-order chi connectivity index (χ1) is 9.31. The molecule has 1 fully saturated rings. The van der Waals surface area contributed by atoms with Crippen molar-refractivity contribution in [2.24, 2.45) is 0 Å². The molecule has 2 radical (unpaired) electrons. The minimum absolute atomic E-state index is 0.186. The van der Waals surface area contributed by atoms with Crippen LogP contribution in [0.4, 0.5) is 0 Å². The normalized spacial score (nSPS) is 24.6. The summed E-state index contributed by atoms with van der Waals surface area (Å²) in [4.78, 5) is 0. The van der Waals surface area contributed by atoms with Crippen LogP contribution in [0.25, 0.3) is 0 Å². The Labute approximate surface area is 123 Å². The lowest BCUT2D eigenvalue weighted by molar-refractivity contribution is -0.0434. The Bertz CT molecular complexity index is 528. The molecule has 3 heteroatoms. The molecule has 106 valence electrons. The zero-order chi connectivity index (χ0) is 14.5. The van der Waals surface area contributed by atoms with Crippen molar-refractivity contribution < 1.29 is 9.47 Å². The molecule has 1 aliphatic carbocycles. The fraction of sp³-hybridized carbons (Fsp3) is 0.647. The van der Waals surface area contributed by atoms with E-state index in [1.807, 2.05) is 0 Å². The monoisotopic (exact) mass is 270 g/mol. The van der Waals surface area contributed by atoms with E-state index < -0.39 is 0 Å². The molecule has 2 nitrogen and oxygen atoms in total. The van der Waals surface area contributed by atoms with Crippen molar-refractivity contribution in [1.82, 2.24) is 0 Å². The molecule has 0 spiro atoms. The van der Waals surface area contributed by atoms with E-state index in [1.54, 1.807) is 0 Å². The van der Waals surface area contributed by atoms with Crippen molar-refractivity contribution in [3.63, 3.8) is 0 Å². The van der Waals surface area contributed by atoms with Crippen LogP contribution in [-0.4, -0.2) is 21.1 Å². The molecule has 0 N–H and O–H groups in total. The van der Waals surface area contributed by atoms with Crippen molar-refractivity contribution >= 4 is 13.3 Å². The van der Waals surface area contributed by atoms with Crippen LogP contribution >= 0.6 is 0 Å². The first-order valence-electron chi connectivity index (χ1n) is 7.49. The molecule has 0 aromatic heterocycles. The topological polar surface area (TPSA) is 18.5 Å². The summed E-state index contributed by atoms with van der Waals surface area (Å²) in [5.74, 6) is 0. The van der Waals surface area contributed by atoms with E-state index in [1.165, 1.54) is 24.0 Å². The van der Waals surface area contributed by atoms with Gasteiger partial charge in [0.25, 0.3) is 0 Å². The first-order valence-corrected chi connectivity index (χ1v) is 7.49. The van der Waals surface area contributed by atoms with E-state index in [4.69, 9.17) is 17.3 Å². The third-order valence-corrected chi connectivity index (χ3v) is 4.93. The number of hydrogen-bond donors (Lipinski definition) is 0. The summed E-state index contributed by atoms with van der Waals surface area (Å²) in [6.45, 7) is 10.5. The molecule has 1 aliphatic heterocycles. The minimum Gasteiger partial charge on any atom is -0.346 e. The predicted molar refractivity (Wildman–Crippen MR) is 81.8 cm³/mol. The number of fused-ring (bicyclic) bond motifs is 1. The highest BCUT2D eigenvalue weighted by atomic mass is 16.7. The molecule has 0 bridgehead atoms. The average molecular weight is 270 g/mol. The van der Waals surface area contributed by atoms with Crippen LogP contribution in [0.5, 0.6) is 0 Å². The Morgan fingerprint density at radius 1 is 0.950 bits per heavy atom. The van der Waals surface area contributed by atoms with E-state index in [0.717, 1.165) is 11.0 Å². The van der Waals surface area contributed by atoms with Crippen molar-refractivity contribution in [2.45, 2.75) is 57.7 Å². The molecule has 1 aromatic carbocycles. The molecule has 3 rings (SSSR count). The molecular weight excluding hydrogens is 247 g/mol. The van der Waals surface area contributed by atoms with Gasteiger partial charge in [-0.25, -0.2) is 0 Å². The third kappa shape index (κ3) is 2.21. The van der Waals surface area contributed by atoms with Gasteiger partial charge in [0.15, 0.2) is 6.29 Å². The van der Waals surface area contributed by atoms with Gasteiger partial charge in [0.05, 0.1) is 13.2 Å². The molecule has 20 heavy (non-hydrogen) atoms. The van der Waals surface area contributed by atoms with Gasteiger partial charge in [-0.2, -0.15) is 0 Å². The highest BCUT2D eigenvalue weighted by molar-refractivity contribution is 6.33. The van der Waals surface area contributed by atoms with E-state index in [-0.39, 0.29) is 17.1 Å². The van der Waals surface area contributed by atoms with Gasteiger partial charge in [0.2, 0.25) is 0 Å². The fourth-order valence-corrected chi connectivity index (χ4v) is 3.39. The standard InChI is InChI=1S/C17H23BO2/c1-16(2)5-6-17(3,4)13-10-14(18)11(9-12(13)16)15-19-7-8-20-15/h9-10,15H,5-8H2,1-4H3. The summed E-state index contributed by atoms with van der Waals surface area (Å²) in [6.07, 6.45) is 2.10. The Hall–Kier alpha value is -0.795. The summed E-state index contributed by atoms with van der Waals surface area (Å²) >= 11 is 0. The second-order valence-corrected chi connectivity index (χ2v) is 7.37. The van der Waals surface area contributed by atoms with Crippen molar-refractivity contribution in [3.8, 4) is 0 Å². The Balaban J connectivity index is 2.14. The van der Waals surface area contributed by atoms with Crippen LogP contribution in [0.3, 0.4) is 0 Å². The maximum atomic E-state index is 6.27. The molecule has 2 aliphatic rings. The second-order valence-electron chi connectivity index (χ2n) is 7.37. The van der Waals surface area contributed by atoms with E-state index in [0.29, 0.717) is 13.2 Å². The van der Waals surface area contributed by atoms with Crippen LogP contribution < -0.4 is 5.46 Å². The lowest BCUT2D eigenvalue weighted by atomic mass is 9.62. The average Bonchev–Trinajstić information content (AvgIpc) is 2.88. The van der Waals surface area contributed by atoms with Crippen LogP contribution in [0, 0.1) is 0 Å². The van der Waals surface area contributed by atoms with Crippen LogP contribution in [0.1, 0.15) is 63.5 Å². The van der Waals surface area contributed by atoms with Gasteiger partial charge >= 0.3 is 0 Å². The Morgan fingerprint density at radius 3 is 2.00 bits per heavy atom. The molecule has 1 heterocycles. The van der Waals surface area contributed by atoms with Gasteiger partial charge in [-0.05, 0) is 34.8 Å². The molecule has 0 unspecified atom stereocenters. The molecule has 0 atom stereocenters. The second kappa shape index (κ2) is 4.61. The third-order valence-electron chi connectivity index (χ3n) is 4.93. The molecular formula is C17H23BO2. The van der Waals surface area contributed by atoms with E-state index >= 15 is 0 Å². The largest absolute Gasteiger partial charge is 0.346 e. The maximum Gasteiger partial charge on any atom is 0.183 e. The number of hydrogen-bond acceptors (Lipinski definition) is 2. The molecule has 1 saturated heterocycles. The van der Waals surface area contributed by atoms with Gasteiger partial charge in [-0.15, -0.1) is 0 Å². The molecule has 1 aromatic rings. The lowest BCUT2D eigenvalue weighted by Crippen LogP contribution is -2.36. The van der Waals surface area contributed by atoms with Crippen LogP contribution in [0.15, 0.2) is 12.1 Å². The smallest absolute Gasteiger partial charge is 0.183 e. The number of ether oxygens (including phenoxy) is 2. The maximum absolute atomic E-state index is 6.27. The predicted octanol–water partition coefficient (Wildman–Crippen LogP) is 2.87. The van der Waals surface area contributed by atoms with Gasteiger partial charge < -0.3 is 9.47 Å². The quantitative estimate of drug-likeness (QED) is 0.730. The zero-order valence-electron chi connectivity index (χ0n) is 13.0. The fourth-order valence-electron chi connectivity index (χ4n) is 3.39. The van der Waals surface area contributed by atoms with Crippen molar-refractivity contribution in [2.75, 3.05) is 13.2 Å². The Kier molecular flexibility index (Phi) is 3.26. The SMILES string of the molecule is [B]c1cc2c(cc1C1OCCO1)C(C)(C)CCC2(C)C. The molecule has 0 saturated carbocycles. The van der Waals surface area contributed by atoms with E-state index in [9.17, 15) is 0 Å². The highest BCUT2D eigenvalue weighted by Gasteiger charge is 2.38. The zero-order valence-corrected chi connectivity index (χ0v) is 13.0. The van der Waals surface area contributed by atoms with Crippen LogP contribution in [0.2, 0.25) is 0 Å². The highest BCUT2D eigenvalue weighted by Crippen LogP contribution is 2.46. The van der Waals surface area contributed by atoms with Crippen LogP contribution in [-0.2, 0) is 20.3 Å². The van der Waals surface area contributed by atoms with E-state index in [2.05, 4.69) is 39.8 Å². The summed E-state index contributed by atoms with van der Waals surface area (Å²) in [5, 5.41) is 0.